The highest BCUT2D eigenvalue weighted by atomic mass is 35.5. The Balaban J connectivity index is 2.26. The number of rotatable bonds is 5. The average molecular weight is 386 g/mol. The summed E-state index contributed by atoms with van der Waals surface area (Å²) in [7, 11) is 1.13. The molecule has 0 saturated heterocycles. The van der Waals surface area contributed by atoms with Crippen molar-refractivity contribution in [2.24, 2.45) is 0 Å². The van der Waals surface area contributed by atoms with Crippen molar-refractivity contribution in [3.8, 4) is 0 Å². The van der Waals surface area contributed by atoms with Gasteiger partial charge in [-0.3, -0.25) is 4.79 Å². The van der Waals surface area contributed by atoms with Crippen molar-refractivity contribution < 1.29 is 27.5 Å². The Hall–Kier alpha value is -2.54. The highest BCUT2D eigenvalue weighted by Gasteiger charge is 2.35. The summed E-state index contributed by atoms with van der Waals surface area (Å²) in [6.45, 7) is 0. The number of alkyl halides is 3. The molecule has 8 heteroatoms. The normalized spacial score (nSPS) is 12.3. The third-order valence-electron chi connectivity index (χ3n) is 3.60. The molecule has 0 fully saturated rings. The summed E-state index contributed by atoms with van der Waals surface area (Å²) >= 11 is 5.89. The summed E-state index contributed by atoms with van der Waals surface area (Å²) in [5.41, 5.74) is -1.03. The van der Waals surface area contributed by atoms with Crippen molar-refractivity contribution in [3.05, 3.63) is 70.2 Å². The highest BCUT2D eigenvalue weighted by molar-refractivity contribution is 6.30. The number of carbonyl (C=O) groups excluding carboxylic acids is 2. The van der Waals surface area contributed by atoms with Crippen LogP contribution in [0.2, 0.25) is 5.02 Å². The van der Waals surface area contributed by atoms with Gasteiger partial charge in [0, 0.05) is 11.4 Å². The molecule has 0 aromatic heterocycles. The van der Waals surface area contributed by atoms with Crippen LogP contribution in [0.4, 0.5) is 13.2 Å². The van der Waals surface area contributed by atoms with Crippen LogP contribution in [0.25, 0.3) is 0 Å². The number of carbonyl (C=O) groups is 2. The van der Waals surface area contributed by atoms with Crippen LogP contribution in [-0.4, -0.2) is 25.0 Å². The molecule has 0 saturated carbocycles. The summed E-state index contributed by atoms with van der Waals surface area (Å²) in [5.74, 6) is -1.79. The van der Waals surface area contributed by atoms with Crippen molar-refractivity contribution in [2.75, 3.05) is 7.11 Å². The third kappa shape index (κ3) is 4.98. The molecular weight excluding hydrogens is 371 g/mol. The number of hydrogen-bond acceptors (Lipinski definition) is 3. The number of esters is 1. The average Bonchev–Trinajstić information content (AvgIpc) is 2.59. The molecule has 138 valence electrons. The number of ether oxygens (including phenoxy) is 1. The molecule has 0 heterocycles. The highest BCUT2D eigenvalue weighted by Crippen LogP contribution is 2.31. The van der Waals surface area contributed by atoms with Crippen molar-refractivity contribution in [1.82, 2.24) is 5.32 Å². The van der Waals surface area contributed by atoms with E-state index < -0.39 is 35.2 Å². The Labute approximate surface area is 152 Å². The first-order valence-corrected chi connectivity index (χ1v) is 7.89. The lowest BCUT2D eigenvalue weighted by Gasteiger charge is -2.18. The van der Waals surface area contributed by atoms with Crippen molar-refractivity contribution >= 4 is 23.5 Å². The summed E-state index contributed by atoms with van der Waals surface area (Å²) in [4.78, 5) is 24.3. The molecule has 0 aliphatic carbocycles. The van der Waals surface area contributed by atoms with E-state index in [9.17, 15) is 22.8 Å². The molecule has 1 atom stereocenters. The zero-order chi connectivity index (χ0) is 19.3. The second-order valence-electron chi connectivity index (χ2n) is 5.43. The number of benzene rings is 2. The predicted octanol–water partition coefficient (Wildman–Crippen LogP) is 3.87. The Bertz CT molecular complexity index is 808. The van der Waals surface area contributed by atoms with E-state index in [0.717, 1.165) is 19.2 Å². The maximum Gasteiger partial charge on any atom is 0.417 e. The van der Waals surface area contributed by atoms with Gasteiger partial charge in [-0.25, -0.2) is 4.79 Å². The minimum atomic E-state index is -4.69. The van der Waals surface area contributed by atoms with E-state index in [1.54, 1.807) is 24.3 Å². The molecule has 0 aliphatic rings. The summed E-state index contributed by atoms with van der Waals surface area (Å²) in [6, 6.07) is 9.75. The fraction of sp³-hybridized carbons (Fsp3) is 0.222. The molecule has 0 unspecified atom stereocenters. The van der Waals surface area contributed by atoms with Gasteiger partial charge < -0.3 is 10.1 Å². The number of methoxy groups -OCH3 is 1. The second kappa shape index (κ2) is 8.23. The Kier molecular flexibility index (Phi) is 6.26. The fourth-order valence-corrected chi connectivity index (χ4v) is 2.61. The van der Waals surface area contributed by atoms with Crippen LogP contribution in [-0.2, 0) is 22.1 Å². The van der Waals surface area contributed by atoms with Gasteiger partial charge in [0.25, 0.3) is 5.91 Å². The van der Waals surface area contributed by atoms with Gasteiger partial charge in [-0.1, -0.05) is 35.9 Å². The van der Waals surface area contributed by atoms with Gasteiger partial charge >= 0.3 is 12.1 Å². The Morgan fingerprint density at radius 1 is 1.15 bits per heavy atom. The van der Waals surface area contributed by atoms with Gasteiger partial charge in [0.1, 0.15) is 6.04 Å². The van der Waals surface area contributed by atoms with E-state index in [4.69, 9.17) is 11.6 Å². The molecule has 26 heavy (non-hydrogen) atoms. The molecule has 4 nitrogen and oxygen atoms in total. The van der Waals surface area contributed by atoms with Gasteiger partial charge in [0.2, 0.25) is 0 Å². The molecule has 1 amide bonds. The largest absolute Gasteiger partial charge is 0.467 e. The standard InChI is InChI=1S/C18H15ClF3NO3/c1-26-17(25)15(10-11-5-4-6-12(19)9-11)23-16(24)13-7-2-3-8-14(13)18(20,21)22/h2-9,15H,10H2,1H3,(H,23,24)/t15-/m0/s1. The number of halogens is 4. The molecule has 1 N–H and O–H groups in total. The summed E-state index contributed by atoms with van der Waals surface area (Å²) in [6.07, 6.45) is -4.67. The zero-order valence-corrected chi connectivity index (χ0v) is 14.4. The van der Waals surface area contributed by atoms with E-state index in [0.29, 0.717) is 10.6 Å². The molecule has 0 spiro atoms. The Morgan fingerprint density at radius 3 is 2.46 bits per heavy atom. The molecule has 0 aliphatic heterocycles. The topological polar surface area (TPSA) is 55.4 Å². The lowest BCUT2D eigenvalue weighted by Crippen LogP contribution is -2.43. The maximum absolute atomic E-state index is 13.1. The van der Waals surface area contributed by atoms with Gasteiger partial charge in [-0.15, -0.1) is 0 Å². The third-order valence-corrected chi connectivity index (χ3v) is 3.83. The van der Waals surface area contributed by atoms with Crippen LogP contribution in [0.1, 0.15) is 21.5 Å². The minimum absolute atomic E-state index is 0.0210. The molecule has 2 rings (SSSR count). The number of nitrogens with one attached hydrogen (secondary N) is 1. The van der Waals surface area contributed by atoms with Crippen molar-refractivity contribution in [1.29, 1.82) is 0 Å². The minimum Gasteiger partial charge on any atom is -0.467 e. The first-order chi connectivity index (χ1) is 12.2. The summed E-state index contributed by atoms with van der Waals surface area (Å²) in [5, 5.41) is 2.74. The van der Waals surface area contributed by atoms with E-state index in [2.05, 4.69) is 10.1 Å². The smallest absolute Gasteiger partial charge is 0.417 e. The van der Waals surface area contributed by atoms with Gasteiger partial charge in [0.15, 0.2) is 0 Å². The molecule has 2 aromatic rings. The quantitative estimate of drug-likeness (QED) is 0.795. The molecule has 0 radical (unpaired) electrons. The van der Waals surface area contributed by atoms with Crippen LogP contribution >= 0.6 is 11.6 Å². The van der Waals surface area contributed by atoms with Crippen molar-refractivity contribution in [3.63, 3.8) is 0 Å². The Morgan fingerprint density at radius 2 is 1.85 bits per heavy atom. The van der Waals surface area contributed by atoms with E-state index >= 15 is 0 Å². The van der Waals surface area contributed by atoms with Crippen LogP contribution in [0.5, 0.6) is 0 Å². The van der Waals surface area contributed by atoms with E-state index in [1.807, 2.05) is 0 Å². The monoisotopic (exact) mass is 385 g/mol. The first-order valence-electron chi connectivity index (χ1n) is 7.51. The number of amides is 1. The fourth-order valence-electron chi connectivity index (χ4n) is 2.40. The van der Waals surface area contributed by atoms with Crippen LogP contribution in [0.15, 0.2) is 48.5 Å². The predicted molar refractivity (Wildman–Crippen MR) is 89.9 cm³/mol. The zero-order valence-electron chi connectivity index (χ0n) is 13.6. The van der Waals surface area contributed by atoms with E-state index in [-0.39, 0.29) is 6.42 Å². The van der Waals surface area contributed by atoms with Crippen molar-refractivity contribution in [2.45, 2.75) is 18.6 Å². The maximum atomic E-state index is 13.1. The molecular formula is C18H15ClF3NO3. The van der Waals surface area contributed by atoms with Crippen LogP contribution in [0, 0.1) is 0 Å². The molecule has 0 bridgehead atoms. The first kappa shape index (κ1) is 19.8. The van der Waals surface area contributed by atoms with Crippen LogP contribution in [0.3, 0.4) is 0 Å². The second-order valence-corrected chi connectivity index (χ2v) is 5.86. The van der Waals surface area contributed by atoms with Gasteiger partial charge in [0.05, 0.1) is 18.2 Å². The van der Waals surface area contributed by atoms with Gasteiger partial charge in [-0.2, -0.15) is 13.2 Å². The molecule has 2 aromatic carbocycles. The lowest BCUT2D eigenvalue weighted by molar-refractivity contribution is -0.142. The van der Waals surface area contributed by atoms with E-state index in [1.165, 1.54) is 12.1 Å². The summed E-state index contributed by atoms with van der Waals surface area (Å²) < 4.78 is 43.9. The van der Waals surface area contributed by atoms with Crippen LogP contribution < -0.4 is 5.32 Å². The van der Waals surface area contributed by atoms with Gasteiger partial charge in [-0.05, 0) is 29.8 Å². The lowest BCUT2D eigenvalue weighted by atomic mass is 10.0. The number of hydrogen-bond donors (Lipinski definition) is 1. The SMILES string of the molecule is COC(=O)[C@H](Cc1cccc(Cl)c1)NC(=O)c1ccccc1C(F)(F)F.